The number of hydrogen-bond donors (Lipinski definition) is 0. The zero-order valence-electron chi connectivity index (χ0n) is 13.6. The maximum absolute atomic E-state index is 12.5. The Hall–Kier alpha value is -1.39. The third-order valence-corrected chi connectivity index (χ3v) is 6.38. The van der Waals surface area contributed by atoms with Gasteiger partial charge in [-0.25, -0.2) is 4.98 Å². The van der Waals surface area contributed by atoms with Gasteiger partial charge in [0.1, 0.15) is 5.88 Å². The lowest BCUT2D eigenvalue weighted by Crippen LogP contribution is -2.43. The van der Waals surface area contributed by atoms with Crippen LogP contribution in [0.25, 0.3) is 0 Å². The van der Waals surface area contributed by atoms with E-state index < -0.39 is 0 Å². The van der Waals surface area contributed by atoms with Crippen LogP contribution < -0.4 is 0 Å². The Morgan fingerprint density at radius 1 is 1.29 bits per heavy atom. The van der Waals surface area contributed by atoms with Crippen molar-refractivity contribution >= 4 is 28.8 Å². The van der Waals surface area contributed by atoms with Gasteiger partial charge in [0, 0.05) is 23.9 Å². The van der Waals surface area contributed by atoms with Gasteiger partial charge < -0.3 is 4.90 Å². The number of carbonyl (C=O) groups is 1. The van der Waals surface area contributed by atoms with Gasteiger partial charge in [-0.05, 0) is 48.8 Å². The molecular formula is C19H21ClN2OS. The van der Waals surface area contributed by atoms with Gasteiger partial charge in [0.25, 0.3) is 0 Å². The lowest BCUT2D eigenvalue weighted by Gasteiger charge is -2.34. The second-order valence-electron chi connectivity index (χ2n) is 6.73. The minimum Gasteiger partial charge on any atom is -0.334 e. The number of aromatic nitrogens is 1. The predicted molar refractivity (Wildman–Crippen MR) is 97.7 cm³/mol. The summed E-state index contributed by atoms with van der Waals surface area (Å²) >= 11 is 7.61. The first kappa shape index (κ1) is 16.1. The number of amides is 1. The molecule has 0 fully saturated rings. The number of halogens is 1. The highest BCUT2D eigenvalue weighted by Gasteiger charge is 2.29. The monoisotopic (exact) mass is 360 g/mol. The van der Waals surface area contributed by atoms with Crippen molar-refractivity contribution in [3.63, 3.8) is 0 Å². The van der Waals surface area contributed by atoms with Crippen molar-refractivity contribution in [3.05, 3.63) is 51.0 Å². The predicted octanol–water partition coefficient (Wildman–Crippen LogP) is 3.76. The van der Waals surface area contributed by atoms with Gasteiger partial charge in [-0.3, -0.25) is 4.79 Å². The number of carbonyl (C=O) groups excluding carboxylic acids is 1. The molecule has 0 spiro atoms. The van der Waals surface area contributed by atoms with E-state index in [1.807, 2.05) is 10.4 Å². The summed E-state index contributed by atoms with van der Waals surface area (Å²) in [7, 11) is 0. The first-order valence-corrected chi connectivity index (χ1v) is 10.0. The zero-order chi connectivity index (χ0) is 16.5. The maximum Gasteiger partial charge on any atom is 0.238 e. The number of thiazole rings is 1. The number of aryl methyl sites for hydroxylation is 3. The highest BCUT2D eigenvalue weighted by Crippen LogP contribution is 2.29. The summed E-state index contributed by atoms with van der Waals surface area (Å²) in [6.45, 7) is 0.664. The first-order chi connectivity index (χ1) is 11.7. The van der Waals surface area contributed by atoms with E-state index in [9.17, 15) is 4.79 Å². The van der Waals surface area contributed by atoms with E-state index in [4.69, 9.17) is 11.6 Å². The van der Waals surface area contributed by atoms with Crippen LogP contribution in [0.4, 0.5) is 0 Å². The topological polar surface area (TPSA) is 33.2 Å². The Bertz CT molecular complexity index is 758. The Morgan fingerprint density at radius 3 is 3.04 bits per heavy atom. The molecule has 3 nitrogen and oxygen atoms in total. The van der Waals surface area contributed by atoms with E-state index in [0.717, 1.165) is 19.3 Å². The summed E-state index contributed by atoms with van der Waals surface area (Å²) in [5, 5.41) is 0. The summed E-state index contributed by atoms with van der Waals surface area (Å²) in [6.07, 6.45) is 6.45. The van der Waals surface area contributed by atoms with Crippen molar-refractivity contribution in [3.8, 4) is 0 Å². The van der Waals surface area contributed by atoms with Crippen molar-refractivity contribution in [1.29, 1.82) is 0 Å². The molecular weight excluding hydrogens is 340 g/mol. The first-order valence-electron chi connectivity index (χ1n) is 8.62. The van der Waals surface area contributed by atoms with E-state index in [0.29, 0.717) is 6.54 Å². The Morgan fingerprint density at radius 2 is 2.17 bits per heavy atom. The lowest BCUT2D eigenvalue weighted by atomic mass is 9.95. The van der Waals surface area contributed by atoms with Gasteiger partial charge in [0.05, 0.1) is 11.2 Å². The van der Waals surface area contributed by atoms with Gasteiger partial charge >= 0.3 is 0 Å². The second-order valence-corrected chi connectivity index (χ2v) is 7.94. The molecule has 1 unspecified atom stereocenters. The van der Waals surface area contributed by atoms with Gasteiger partial charge in [0.15, 0.2) is 0 Å². The molecule has 1 atom stereocenters. The highest BCUT2D eigenvalue weighted by atomic mass is 35.5. The molecule has 0 saturated heterocycles. The molecule has 1 heterocycles. The number of nitrogens with zero attached hydrogens (tertiary/aromatic N) is 2. The average molecular weight is 361 g/mol. The summed E-state index contributed by atoms with van der Waals surface area (Å²) < 4.78 is 0. The number of hydrogen-bond acceptors (Lipinski definition) is 3. The van der Waals surface area contributed by atoms with Crippen molar-refractivity contribution in [2.45, 2.75) is 51.1 Å². The molecule has 126 valence electrons. The van der Waals surface area contributed by atoms with Crippen LogP contribution in [0.1, 0.15) is 40.1 Å². The van der Waals surface area contributed by atoms with Crippen molar-refractivity contribution in [2.24, 2.45) is 0 Å². The summed E-state index contributed by atoms with van der Waals surface area (Å²) in [5.41, 5.74) is 7.29. The normalized spacial score (nSPS) is 19.0. The molecule has 1 aromatic heterocycles. The van der Waals surface area contributed by atoms with Crippen molar-refractivity contribution < 1.29 is 4.79 Å². The fraction of sp³-hybridized carbons (Fsp3) is 0.474. The molecule has 0 aliphatic heterocycles. The SMILES string of the molecule is O=C(CCl)N(Cc1ccc2c(c1)CCC2)C1CCc2ncsc2C1. The summed E-state index contributed by atoms with van der Waals surface area (Å²) in [4.78, 5) is 20.2. The fourth-order valence-corrected chi connectivity index (χ4v) is 5.01. The van der Waals surface area contributed by atoms with Crippen LogP contribution in [0, 0.1) is 0 Å². The van der Waals surface area contributed by atoms with Crippen LogP contribution in [-0.4, -0.2) is 27.7 Å². The Labute approximate surface area is 151 Å². The standard InChI is InChI=1S/C19H21ClN2OS/c20-10-19(23)22(16-6-7-17-18(9-16)24-12-21-17)11-13-4-5-14-2-1-3-15(14)8-13/h4-5,8,12,16H,1-3,6-7,9-11H2. The van der Waals surface area contributed by atoms with Gasteiger partial charge in [-0.2, -0.15) is 0 Å². The zero-order valence-corrected chi connectivity index (χ0v) is 15.2. The van der Waals surface area contributed by atoms with Crippen LogP contribution >= 0.6 is 22.9 Å². The molecule has 24 heavy (non-hydrogen) atoms. The minimum atomic E-state index is 0.0372. The Kier molecular flexibility index (Phi) is 4.59. The van der Waals surface area contributed by atoms with Gasteiger partial charge in [-0.1, -0.05) is 18.2 Å². The third-order valence-electron chi connectivity index (χ3n) is 5.25. The van der Waals surface area contributed by atoms with Gasteiger partial charge in [0.2, 0.25) is 5.91 Å². The second kappa shape index (κ2) is 6.85. The molecule has 0 saturated carbocycles. The number of fused-ring (bicyclic) bond motifs is 2. The van der Waals surface area contributed by atoms with E-state index in [1.165, 1.54) is 46.5 Å². The third kappa shape index (κ3) is 3.09. The molecule has 2 aliphatic carbocycles. The molecule has 2 aliphatic rings. The molecule has 1 amide bonds. The summed E-state index contributed by atoms with van der Waals surface area (Å²) in [6, 6.07) is 6.94. The molecule has 2 aromatic rings. The largest absolute Gasteiger partial charge is 0.334 e. The van der Waals surface area contributed by atoms with Crippen LogP contribution in [0.5, 0.6) is 0 Å². The van der Waals surface area contributed by atoms with E-state index >= 15 is 0 Å². The molecule has 0 N–H and O–H groups in total. The minimum absolute atomic E-state index is 0.0372. The van der Waals surface area contributed by atoms with Crippen LogP contribution in [0.3, 0.4) is 0 Å². The van der Waals surface area contributed by atoms with E-state index in [-0.39, 0.29) is 17.8 Å². The van der Waals surface area contributed by atoms with E-state index in [2.05, 4.69) is 23.2 Å². The van der Waals surface area contributed by atoms with Crippen LogP contribution in [-0.2, 0) is 37.0 Å². The highest BCUT2D eigenvalue weighted by molar-refractivity contribution is 7.09. The quantitative estimate of drug-likeness (QED) is 0.778. The van der Waals surface area contributed by atoms with E-state index in [1.54, 1.807) is 11.3 Å². The van der Waals surface area contributed by atoms with Crippen molar-refractivity contribution in [2.75, 3.05) is 5.88 Å². The molecule has 1 aromatic carbocycles. The molecule has 4 rings (SSSR count). The molecule has 0 bridgehead atoms. The smallest absolute Gasteiger partial charge is 0.238 e. The Balaban J connectivity index is 1.55. The number of benzene rings is 1. The van der Waals surface area contributed by atoms with Gasteiger partial charge in [-0.15, -0.1) is 22.9 Å². The lowest BCUT2D eigenvalue weighted by molar-refractivity contribution is -0.131. The number of alkyl halides is 1. The van der Waals surface area contributed by atoms with Crippen LogP contribution in [0.2, 0.25) is 0 Å². The molecule has 5 heteroatoms. The van der Waals surface area contributed by atoms with Crippen molar-refractivity contribution in [1.82, 2.24) is 9.88 Å². The summed E-state index contributed by atoms with van der Waals surface area (Å²) in [5.74, 6) is 0.0897. The number of rotatable bonds is 4. The van der Waals surface area contributed by atoms with Crippen LogP contribution in [0.15, 0.2) is 23.7 Å². The average Bonchev–Trinajstić information content (AvgIpc) is 3.26. The fourth-order valence-electron chi connectivity index (χ4n) is 3.97. The maximum atomic E-state index is 12.5. The molecule has 0 radical (unpaired) electrons.